The summed E-state index contributed by atoms with van der Waals surface area (Å²) in [6.07, 6.45) is 0. The summed E-state index contributed by atoms with van der Waals surface area (Å²) in [5.41, 5.74) is 6.76. The van der Waals surface area contributed by atoms with Crippen LogP contribution in [0.4, 0.5) is 0 Å². The molecule has 3 aromatic heterocycles. The third kappa shape index (κ3) is 4.02. The van der Waals surface area contributed by atoms with Crippen LogP contribution in [0, 0.1) is 0 Å². The Morgan fingerprint density at radius 2 is 1.09 bits per heavy atom. The van der Waals surface area contributed by atoms with Crippen LogP contribution < -0.4 is 0 Å². The fourth-order valence-corrected chi connectivity index (χ4v) is 7.29. The summed E-state index contributed by atoms with van der Waals surface area (Å²) in [4.78, 5) is 15.3. The average molecular weight is 582 g/mol. The van der Waals surface area contributed by atoms with Crippen molar-refractivity contribution < 1.29 is 4.42 Å². The van der Waals surface area contributed by atoms with E-state index in [0.717, 1.165) is 49.8 Å². The number of nitrogens with zero attached hydrogens (tertiary/aromatic N) is 3. The van der Waals surface area contributed by atoms with Gasteiger partial charge in [0.1, 0.15) is 11.2 Å². The Kier molecular flexibility index (Phi) is 5.64. The van der Waals surface area contributed by atoms with Crippen molar-refractivity contribution in [2.75, 3.05) is 0 Å². The normalized spacial score (nSPS) is 11.6. The van der Waals surface area contributed by atoms with Crippen LogP contribution in [0.25, 0.3) is 87.4 Å². The van der Waals surface area contributed by atoms with Crippen LogP contribution in [-0.4, -0.2) is 15.0 Å². The van der Waals surface area contributed by atoms with Crippen LogP contribution in [0.3, 0.4) is 0 Å². The van der Waals surface area contributed by atoms with E-state index in [2.05, 4.69) is 91.0 Å². The molecule has 0 N–H and O–H groups in total. The second kappa shape index (κ2) is 9.97. The Balaban J connectivity index is 1.29. The summed E-state index contributed by atoms with van der Waals surface area (Å²) >= 11 is 1.78. The molecule has 0 saturated heterocycles. The molecule has 9 aromatic rings. The van der Waals surface area contributed by atoms with E-state index < -0.39 is 0 Å². The molecule has 0 radical (unpaired) electrons. The van der Waals surface area contributed by atoms with E-state index in [0.29, 0.717) is 17.5 Å². The lowest BCUT2D eigenvalue weighted by Crippen LogP contribution is -2.00. The quantitative estimate of drug-likeness (QED) is 0.207. The third-order valence-corrected chi connectivity index (χ3v) is 9.38. The fraction of sp³-hybridized carbons (Fsp3) is 0. The highest BCUT2D eigenvalue weighted by Gasteiger charge is 2.19. The molecule has 0 aliphatic rings. The highest BCUT2D eigenvalue weighted by atomic mass is 32.1. The van der Waals surface area contributed by atoms with Crippen molar-refractivity contribution in [3.63, 3.8) is 0 Å². The Morgan fingerprint density at radius 3 is 1.93 bits per heavy atom. The van der Waals surface area contributed by atoms with Gasteiger partial charge in [0.2, 0.25) is 0 Å². The van der Waals surface area contributed by atoms with Crippen molar-refractivity contribution >= 4 is 53.4 Å². The zero-order valence-corrected chi connectivity index (χ0v) is 24.3. The first kappa shape index (κ1) is 24.9. The van der Waals surface area contributed by atoms with Crippen molar-refractivity contribution in [1.82, 2.24) is 15.0 Å². The maximum absolute atomic E-state index is 6.43. The Labute approximate surface area is 256 Å². The van der Waals surface area contributed by atoms with Crippen molar-refractivity contribution in [2.45, 2.75) is 0 Å². The molecule has 0 atom stereocenters. The topological polar surface area (TPSA) is 51.8 Å². The van der Waals surface area contributed by atoms with Gasteiger partial charge in [-0.15, -0.1) is 11.3 Å². The van der Waals surface area contributed by atoms with Crippen LogP contribution in [0.1, 0.15) is 0 Å². The Morgan fingerprint density at radius 1 is 0.432 bits per heavy atom. The van der Waals surface area contributed by atoms with E-state index in [4.69, 9.17) is 19.4 Å². The molecule has 0 saturated carbocycles. The van der Waals surface area contributed by atoms with E-state index in [1.807, 2.05) is 48.5 Å². The van der Waals surface area contributed by atoms with E-state index in [-0.39, 0.29) is 0 Å². The number of benzene rings is 6. The zero-order chi connectivity index (χ0) is 29.0. The van der Waals surface area contributed by atoms with Gasteiger partial charge >= 0.3 is 0 Å². The molecule has 44 heavy (non-hydrogen) atoms. The van der Waals surface area contributed by atoms with Gasteiger partial charge in [-0.05, 0) is 41.5 Å². The Hall–Kier alpha value is -5.65. The number of thiophene rings is 1. The van der Waals surface area contributed by atoms with Crippen LogP contribution in [0.5, 0.6) is 0 Å². The predicted octanol–water partition coefficient (Wildman–Crippen LogP) is 10.8. The van der Waals surface area contributed by atoms with Gasteiger partial charge in [0.05, 0.1) is 0 Å². The van der Waals surface area contributed by atoms with Gasteiger partial charge < -0.3 is 4.42 Å². The minimum Gasteiger partial charge on any atom is -0.456 e. The van der Waals surface area contributed by atoms with E-state index in [1.54, 1.807) is 11.3 Å². The number of hydrogen-bond acceptors (Lipinski definition) is 5. The highest BCUT2D eigenvalue weighted by molar-refractivity contribution is 7.26. The number of aromatic nitrogens is 3. The second-order valence-corrected chi connectivity index (χ2v) is 11.9. The maximum atomic E-state index is 6.43. The minimum atomic E-state index is 0.618. The first-order chi connectivity index (χ1) is 21.8. The molecule has 0 bridgehead atoms. The van der Waals surface area contributed by atoms with Gasteiger partial charge in [-0.3, -0.25) is 0 Å². The van der Waals surface area contributed by atoms with E-state index in [1.165, 1.54) is 20.2 Å². The lowest BCUT2D eigenvalue weighted by Gasteiger charge is -2.10. The van der Waals surface area contributed by atoms with Crippen molar-refractivity contribution in [2.24, 2.45) is 0 Å². The third-order valence-electron chi connectivity index (χ3n) is 8.16. The van der Waals surface area contributed by atoms with Crippen LogP contribution in [0.2, 0.25) is 0 Å². The van der Waals surface area contributed by atoms with E-state index in [9.17, 15) is 0 Å². The molecule has 4 nitrogen and oxygen atoms in total. The summed E-state index contributed by atoms with van der Waals surface area (Å²) in [7, 11) is 0. The summed E-state index contributed by atoms with van der Waals surface area (Å²) in [5, 5.41) is 4.49. The van der Waals surface area contributed by atoms with Gasteiger partial charge in [0.15, 0.2) is 17.5 Å². The maximum Gasteiger partial charge on any atom is 0.165 e. The number of furan rings is 1. The standard InChI is InChI=1S/C39H23N3OS/c1-3-11-24(12-4-1)26-21-22-29-33(23-26)43-32-19-10-17-30(35(29)32)38-40-37(25-13-5-2-6-14-25)41-39(42-38)31-18-9-16-28-27-15-7-8-20-34(27)44-36(28)31/h1-23H. The first-order valence-electron chi connectivity index (χ1n) is 14.5. The van der Waals surface area contributed by atoms with Crippen LogP contribution >= 0.6 is 11.3 Å². The molecule has 0 unspecified atom stereocenters. The SMILES string of the molecule is c1ccc(-c2ccc3c(c2)oc2cccc(-c4nc(-c5ccccc5)nc(-c5cccc6c5sc5ccccc56)n4)c23)cc1. The molecule has 0 aliphatic carbocycles. The lowest BCUT2D eigenvalue weighted by molar-refractivity contribution is 0.669. The summed E-state index contributed by atoms with van der Waals surface area (Å²) in [5.74, 6) is 1.91. The van der Waals surface area contributed by atoms with Crippen molar-refractivity contribution in [3.05, 3.63) is 140 Å². The Bertz CT molecular complexity index is 2500. The molecular formula is C39H23N3OS. The van der Waals surface area contributed by atoms with Crippen molar-refractivity contribution in [1.29, 1.82) is 0 Å². The molecule has 3 heterocycles. The smallest absolute Gasteiger partial charge is 0.165 e. The molecule has 0 aliphatic heterocycles. The lowest BCUT2D eigenvalue weighted by atomic mass is 10.0. The van der Waals surface area contributed by atoms with Crippen LogP contribution in [-0.2, 0) is 0 Å². The van der Waals surface area contributed by atoms with Gasteiger partial charge in [-0.1, -0.05) is 109 Å². The molecule has 0 amide bonds. The van der Waals surface area contributed by atoms with Gasteiger partial charge in [-0.25, -0.2) is 15.0 Å². The van der Waals surface area contributed by atoms with Gasteiger partial charge in [0.25, 0.3) is 0 Å². The van der Waals surface area contributed by atoms with E-state index >= 15 is 0 Å². The number of hydrogen-bond donors (Lipinski definition) is 0. The highest BCUT2D eigenvalue weighted by Crippen LogP contribution is 2.41. The molecule has 9 rings (SSSR count). The largest absolute Gasteiger partial charge is 0.456 e. The number of rotatable bonds is 4. The summed E-state index contributed by atoms with van der Waals surface area (Å²) in [6.45, 7) is 0. The monoisotopic (exact) mass is 581 g/mol. The minimum absolute atomic E-state index is 0.618. The molecular weight excluding hydrogens is 559 g/mol. The van der Waals surface area contributed by atoms with Gasteiger partial charge in [0, 0.05) is 47.6 Å². The zero-order valence-electron chi connectivity index (χ0n) is 23.4. The molecule has 206 valence electrons. The molecule has 0 spiro atoms. The van der Waals surface area contributed by atoms with Crippen LogP contribution in [0.15, 0.2) is 144 Å². The fourth-order valence-electron chi connectivity index (χ4n) is 6.08. The number of fused-ring (bicyclic) bond motifs is 6. The molecule has 5 heteroatoms. The predicted molar refractivity (Wildman–Crippen MR) is 182 cm³/mol. The van der Waals surface area contributed by atoms with Gasteiger partial charge in [-0.2, -0.15) is 0 Å². The average Bonchev–Trinajstić information content (AvgIpc) is 3.67. The van der Waals surface area contributed by atoms with Crippen molar-refractivity contribution in [3.8, 4) is 45.3 Å². The molecule has 6 aromatic carbocycles. The second-order valence-electron chi connectivity index (χ2n) is 10.8. The summed E-state index contributed by atoms with van der Waals surface area (Å²) in [6, 6.07) is 47.9. The molecule has 0 fully saturated rings. The summed E-state index contributed by atoms with van der Waals surface area (Å²) < 4.78 is 8.85. The first-order valence-corrected chi connectivity index (χ1v) is 15.3.